The molecule has 1 unspecified atom stereocenters. The van der Waals surface area contributed by atoms with Crippen molar-refractivity contribution in [3.63, 3.8) is 0 Å². The maximum absolute atomic E-state index is 11.7. The van der Waals surface area contributed by atoms with Crippen LogP contribution >= 0.6 is 11.6 Å². The van der Waals surface area contributed by atoms with E-state index in [1.165, 1.54) is 0 Å². The maximum Gasteiger partial charge on any atom is 0.323 e. The SMILES string of the molecule is COc1ccc(Cl)cc1COC(=O)C1CCCN1. The molecule has 0 aliphatic carbocycles. The number of rotatable bonds is 4. The van der Waals surface area contributed by atoms with Gasteiger partial charge in [0.1, 0.15) is 18.4 Å². The summed E-state index contributed by atoms with van der Waals surface area (Å²) in [5, 5.41) is 3.70. The third-order valence-electron chi connectivity index (χ3n) is 2.96. The first-order valence-electron chi connectivity index (χ1n) is 5.93. The molecule has 18 heavy (non-hydrogen) atoms. The van der Waals surface area contributed by atoms with Gasteiger partial charge in [0.15, 0.2) is 0 Å². The summed E-state index contributed by atoms with van der Waals surface area (Å²) in [5.41, 5.74) is 0.774. The van der Waals surface area contributed by atoms with E-state index < -0.39 is 0 Å². The normalized spacial score (nSPS) is 18.7. The molecule has 1 aromatic carbocycles. The number of ether oxygens (including phenoxy) is 2. The second kappa shape index (κ2) is 6.07. The van der Waals surface area contributed by atoms with E-state index in [0.29, 0.717) is 10.8 Å². The van der Waals surface area contributed by atoms with Crippen LogP contribution in [0.25, 0.3) is 0 Å². The summed E-state index contributed by atoms with van der Waals surface area (Å²) in [6.45, 7) is 1.06. The Morgan fingerprint density at radius 1 is 1.56 bits per heavy atom. The van der Waals surface area contributed by atoms with Crippen molar-refractivity contribution in [2.24, 2.45) is 0 Å². The topological polar surface area (TPSA) is 47.6 Å². The number of halogens is 1. The fraction of sp³-hybridized carbons (Fsp3) is 0.462. The Morgan fingerprint density at radius 3 is 3.06 bits per heavy atom. The minimum atomic E-state index is -0.213. The monoisotopic (exact) mass is 269 g/mol. The molecule has 1 heterocycles. The molecule has 0 saturated carbocycles. The van der Waals surface area contributed by atoms with Crippen molar-refractivity contribution >= 4 is 17.6 Å². The molecule has 1 saturated heterocycles. The van der Waals surface area contributed by atoms with E-state index in [-0.39, 0.29) is 18.6 Å². The van der Waals surface area contributed by atoms with Crippen molar-refractivity contribution in [2.75, 3.05) is 13.7 Å². The van der Waals surface area contributed by atoms with Gasteiger partial charge in [-0.05, 0) is 37.6 Å². The minimum absolute atomic E-state index is 0.171. The van der Waals surface area contributed by atoms with Crippen molar-refractivity contribution in [1.82, 2.24) is 5.32 Å². The Labute approximate surface area is 111 Å². The predicted octanol–water partition coefficient (Wildman–Crippen LogP) is 2.14. The van der Waals surface area contributed by atoms with Crippen LogP contribution in [-0.4, -0.2) is 25.7 Å². The van der Waals surface area contributed by atoms with Crippen molar-refractivity contribution in [2.45, 2.75) is 25.5 Å². The van der Waals surface area contributed by atoms with E-state index in [1.807, 2.05) is 0 Å². The van der Waals surface area contributed by atoms with Crippen LogP contribution in [0.3, 0.4) is 0 Å². The van der Waals surface area contributed by atoms with E-state index in [1.54, 1.807) is 25.3 Å². The Balaban J connectivity index is 1.96. The lowest BCUT2D eigenvalue weighted by Gasteiger charge is -2.12. The quantitative estimate of drug-likeness (QED) is 0.851. The third kappa shape index (κ3) is 3.15. The molecule has 1 fully saturated rings. The summed E-state index contributed by atoms with van der Waals surface area (Å²) in [4.78, 5) is 11.7. The van der Waals surface area contributed by atoms with E-state index in [2.05, 4.69) is 5.32 Å². The lowest BCUT2D eigenvalue weighted by Crippen LogP contribution is -2.32. The van der Waals surface area contributed by atoms with Crippen LogP contribution in [0.5, 0.6) is 5.75 Å². The highest BCUT2D eigenvalue weighted by Crippen LogP contribution is 2.23. The molecule has 5 heteroatoms. The van der Waals surface area contributed by atoms with E-state index >= 15 is 0 Å². The molecule has 0 radical (unpaired) electrons. The highest BCUT2D eigenvalue weighted by Gasteiger charge is 2.23. The molecule has 2 rings (SSSR count). The number of hydrogen-bond acceptors (Lipinski definition) is 4. The molecule has 0 spiro atoms. The molecular formula is C13H16ClNO3. The van der Waals surface area contributed by atoms with Crippen molar-refractivity contribution < 1.29 is 14.3 Å². The van der Waals surface area contributed by atoms with Gasteiger partial charge in [-0.1, -0.05) is 11.6 Å². The summed E-state index contributed by atoms with van der Waals surface area (Å²) in [7, 11) is 1.58. The second-order valence-corrected chi connectivity index (χ2v) is 4.65. The smallest absolute Gasteiger partial charge is 0.323 e. The summed E-state index contributed by atoms with van der Waals surface area (Å²) >= 11 is 5.91. The Hall–Kier alpha value is -1.26. The van der Waals surface area contributed by atoms with Crippen molar-refractivity contribution in [3.8, 4) is 5.75 Å². The zero-order valence-electron chi connectivity index (χ0n) is 10.2. The Bertz CT molecular complexity index is 430. The Morgan fingerprint density at radius 2 is 2.39 bits per heavy atom. The molecule has 1 aliphatic heterocycles. The van der Waals surface area contributed by atoms with Gasteiger partial charge in [-0.3, -0.25) is 4.79 Å². The highest BCUT2D eigenvalue weighted by atomic mass is 35.5. The van der Waals surface area contributed by atoms with Crippen molar-refractivity contribution in [1.29, 1.82) is 0 Å². The fourth-order valence-corrected chi connectivity index (χ4v) is 2.19. The molecule has 4 nitrogen and oxygen atoms in total. The average Bonchev–Trinajstić information content (AvgIpc) is 2.90. The van der Waals surface area contributed by atoms with Crippen LogP contribution in [0.2, 0.25) is 5.02 Å². The number of nitrogens with one attached hydrogen (secondary N) is 1. The number of carbonyl (C=O) groups excluding carboxylic acids is 1. The maximum atomic E-state index is 11.7. The van der Waals surface area contributed by atoms with Gasteiger partial charge < -0.3 is 14.8 Å². The highest BCUT2D eigenvalue weighted by molar-refractivity contribution is 6.30. The summed E-state index contributed by atoms with van der Waals surface area (Å²) in [6, 6.07) is 5.08. The van der Waals surface area contributed by atoms with E-state index in [9.17, 15) is 4.79 Å². The van der Waals surface area contributed by atoms with Crippen LogP contribution in [-0.2, 0) is 16.1 Å². The first-order chi connectivity index (χ1) is 8.70. The first kappa shape index (κ1) is 13.2. The number of hydrogen-bond donors (Lipinski definition) is 1. The van der Waals surface area contributed by atoms with E-state index in [0.717, 1.165) is 24.9 Å². The zero-order chi connectivity index (χ0) is 13.0. The summed E-state index contributed by atoms with van der Waals surface area (Å²) in [5.74, 6) is 0.459. The molecule has 98 valence electrons. The predicted molar refractivity (Wildman–Crippen MR) is 68.8 cm³/mol. The Kier molecular flexibility index (Phi) is 4.44. The average molecular weight is 270 g/mol. The van der Waals surface area contributed by atoms with Gasteiger partial charge in [-0.2, -0.15) is 0 Å². The van der Waals surface area contributed by atoms with Crippen LogP contribution in [0.15, 0.2) is 18.2 Å². The van der Waals surface area contributed by atoms with Gasteiger partial charge in [0.2, 0.25) is 0 Å². The second-order valence-electron chi connectivity index (χ2n) is 4.21. The molecule has 0 amide bonds. The summed E-state index contributed by atoms with van der Waals surface area (Å²) < 4.78 is 10.5. The van der Waals surface area contributed by atoms with Crippen molar-refractivity contribution in [3.05, 3.63) is 28.8 Å². The van der Waals surface area contributed by atoms with Gasteiger partial charge in [-0.25, -0.2) is 0 Å². The molecular weight excluding hydrogens is 254 g/mol. The molecule has 0 bridgehead atoms. The van der Waals surface area contributed by atoms with Crippen LogP contribution in [0, 0.1) is 0 Å². The molecule has 1 aliphatic rings. The largest absolute Gasteiger partial charge is 0.496 e. The molecule has 1 N–H and O–H groups in total. The van der Waals surface area contributed by atoms with Gasteiger partial charge in [0, 0.05) is 10.6 Å². The van der Waals surface area contributed by atoms with Crippen LogP contribution in [0.4, 0.5) is 0 Å². The number of esters is 1. The fourth-order valence-electron chi connectivity index (χ4n) is 2.00. The standard InChI is InChI=1S/C13H16ClNO3/c1-17-12-5-4-10(14)7-9(12)8-18-13(16)11-3-2-6-15-11/h4-5,7,11,15H,2-3,6,8H2,1H3. The molecule has 0 aromatic heterocycles. The van der Waals surface area contributed by atoms with Gasteiger partial charge in [-0.15, -0.1) is 0 Å². The zero-order valence-corrected chi connectivity index (χ0v) is 11.0. The van der Waals surface area contributed by atoms with E-state index in [4.69, 9.17) is 21.1 Å². The van der Waals surface area contributed by atoms with Crippen LogP contribution in [0.1, 0.15) is 18.4 Å². The molecule has 1 aromatic rings. The first-order valence-corrected chi connectivity index (χ1v) is 6.31. The number of methoxy groups -OCH3 is 1. The lowest BCUT2D eigenvalue weighted by molar-refractivity contribution is -0.147. The third-order valence-corrected chi connectivity index (χ3v) is 3.19. The van der Waals surface area contributed by atoms with Gasteiger partial charge >= 0.3 is 5.97 Å². The minimum Gasteiger partial charge on any atom is -0.496 e. The number of benzene rings is 1. The van der Waals surface area contributed by atoms with Gasteiger partial charge in [0.25, 0.3) is 0 Å². The number of carbonyl (C=O) groups is 1. The van der Waals surface area contributed by atoms with Crippen LogP contribution < -0.4 is 10.1 Å². The van der Waals surface area contributed by atoms with Gasteiger partial charge in [0.05, 0.1) is 7.11 Å². The summed E-state index contributed by atoms with van der Waals surface area (Å²) in [6.07, 6.45) is 1.85. The lowest BCUT2D eigenvalue weighted by atomic mass is 10.2. The molecule has 1 atom stereocenters.